The van der Waals surface area contributed by atoms with E-state index in [1.54, 1.807) is 0 Å². The van der Waals surface area contributed by atoms with E-state index in [2.05, 4.69) is 34.5 Å². The molecule has 0 saturated carbocycles. The van der Waals surface area contributed by atoms with Crippen molar-refractivity contribution in [3.63, 3.8) is 0 Å². The lowest BCUT2D eigenvalue weighted by Gasteiger charge is -2.37. The van der Waals surface area contributed by atoms with Crippen molar-refractivity contribution in [3.8, 4) is 5.75 Å². The Morgan fingerprint density at radius 3 is 2.74 bits per heavy atom. The Morgan fingerprint density at radius 1 is 1.26 bits per heavy atom. The number of anilines is 1. The van der Waals surface area contributed by atoms with Gasteiger partial charge in [0, 0.05) is 18.3 Å². The van der Waals surface area contributed by atoms with Gasteiger partial charge in [-0.3, -0.25) is 0 Å². The molecule has 1 N–H and O–H groups in total. The smallest absolute Gasteiger partial charge is 0.119 e. The fourth-order valence-corrected chi connectivity index (χ4v) is 2.85. The quantitative estimate of drug-likeness (QED) is 0.853. The summed E-state index contributed by atoms with van der Waals surface area (Å²) in [6, 6.07) is 9.25. The lowest BCUT2D eigenvalue weighted by molar-refractivity contribution is 0.340. The number of nitrogens with zero attached hydrogens (tertiary/aromatic N) is 1. The highest BCUT2D eigenvalue weighted by molar-refractivity contribution is 5.50. The Kier molecular flexibility index (Phi) is 5.52. The van der Waals surface area contributed by atoms with Crippen LogP contribution in [0.2, 0.25) is 0 Å². The van der Waals surface area contributed by atoms with Crippen molar-refractivity contribution < 1.29 is 4.74 Å². The monoisotopic (exact) mass is 262 g/mol. The molecule has 1 saturated heterocycles. The average molecular weight is 262 g/mol. The fraction of sp³-hybridized carbons (Fsp3) is 0.625. The maximum absolute atomic E-state index is 5.51. The van der Waals surface area contributed by atoms with Crippen LogP contribution in [0.25, 0.3) is 0 Å². The zero-order valence-electron chi connectivity index (χ0n) is 12.2. The summed E-state index contributed by atoms with van der Waals surface area (Å²) < 4.78 is 5.51. The summed E-state index contributed by atoms with van der Waals surface area (Å²) in [5.74, 6) is 0.968. The van der Waals surface area contributed by atoms with Crippen molar-refractivity contribution in [2.75, 3.05) is 31.6 Å². The lowest BCUT2D eigenvalue weighted by atomic mass is 9.98. The van der Waals surface area contributed by atoms with Crippen LogP contribution in [0.5, 0.6) is 5.75 Å². The molecule has 0 aromatic heterocycles. The number of nitrogens with one attached hydrogen (secondary N) is 1. The third-order valence-corrected chi connectivity index (χ3v) is 3.83. The van der Waals surface area contributed by atoms with Gasteiger partial charge in [0.2, 0.25) is 0 Å². The van der Waals surface area contributed by atoms with Gasteiger partial charge in [-0.05, 0) is 70.5 Å². The number of rotatable bonds is 6. The number of hydrogen-bond donors (Lipinski definition) is 1. The minimum atomic E-state index is 0.680. The minimum absolute atomic E-state index is 0.680. The van der Waals surface area contributed by atoms with E-state index in [0.29, 0.717) is 6.04 Å². The van der Waals surface area contributed by atoms with Crippen LogP contribution in [0.15, 0.2) is 24.3 Å². The van der Waals surface area contributed by atoms with E-state index in [1.807, 2.05) is 14.0 Å². The first kappa shape index (κ1) is 14.2. The van der Waals surface area contributed by atoms with Gasteiger partial charge < -0.3 is 15.0 Å². The molecule has 1 aromatic rings. The standard InChI is InChI=1S/C16H26N2O/c1-3-19-16-9-7-15(8-10-16)18-13-5-4-6-14(18)11-12-17-2/h7-10,14,17H,3-6,11-13H2,1-2H3. The summed E-state index contributed by atoms with van der Waals surface area (Å²) in [6.07, 6.45) is 5.21. The largest absolute Gasteiger partial charge is 0.494 e. The highest BCUT2D eigenvalue weighted by atomic mass is 16.5. The van der Waals surface area contributed by atoms with Crippen molar-refractivity contribution in [3.05, 3.63) is 24.3 Å². The molecule has 106 valence electrons. The number of hydrogen-bond acceptors (Lipinski definition) is 3. The van der Waals surface area contributed by atoms with Gasteiger partial charge in [0.1, 0.15) is 5.75 Å². The molecule has 1 unspecified atom stereocenters. The molecule has 1 aromatic carbocycles. The summed E-state index contributed by atoms with van der Waals surface area (Å²) in [7, 11) is 2.03. The van der Waals surface area contributed by atoms with Gasteiger partial charge in [0.05, 0.1) is 6.61 Å². The van der Waals surface area contributed by atoms with E-state index in [4.69, 9.17) is 4.74 Å². The van der Waals surface area contributed by atoms with Gasteiger partial charge in [-0.1, -0.05) is 0 Å². The number of benzene rings is 1. The molecule has 0 spiro atoms. The van der Waals surface area contributed by atoms with E-state index in [-0.39, 0.29) is 0 Å². The van der Waals surface area contributed by atoms with Crippen LogP contribution in [-0.4, -0.2) is 32.8 Å². The van der Waals surface area contributed by atoms with E-state index >= 15 is 0 Å². The van der Waals surface area contributed by atoms with Crippen LogP contribution < -0.4 is 15.0 Å². The third-order valence-electron chi connectivity index (χ3n) is 3.83. The van der Waals surface area contributed by atoms with E-state index in [0.717, 1.165) is 18.9 Å². The summed E-state index contributed by atoms with van der Waals surface area (Å²) in [5, 5.41) is 3.27. The van der Waals surface area contributed by atoms with Crippen LogP contribution >= 0.6 is 0 Å². The Morgan fingerprint density at radius 2 is 2.05 bits per heavy atom. The maximum atomic E-state index is 5.51. The van der Waals surface area contributed by atoms with E-state index in [9.17, 15) is 0 Å². The highest BCUT2D eigenvalue weighted by Gasteiger charge is 2.21. The molecule has 0 amide bonds. The molecule has 1 fully saturated rings. The van der Waals surface area contributed by atoms with Gasteiger partial charge >= 0.3 is 0 Å². The molecule has 0 bridgehead atoms. The van der Waals surface area contributed by atoms with Gasteiger partial charge in [-0.15, -0.1) is 0 Å². The van der Waals surface area contributed by atoms with Crippen molar-refractivity contribution in [2.24, 2.45) is 0 Å². The summed E-state index contributed by atoms with van der Waals surface area (Å²) in [5.41, 5.74) is 1.34. The first-order valence-electron chi connectivity index (χ1n) is 7.49. The second-order valence-electron chi connectivity index (χ2n) is 5.16. The zero-order valence-corrected chi connectivity index (χ0v) is 12.2. The second-order valence-corrected chi connectivity index (χ2v) is 5.16. The van der Waals surface area contributed by atoms with Crippen LogP contribution in [-0.2, 0) is 0 Å². The Bertz CT molecular complexity index is 364. The van der Waals surface area contributed by atoms with Crippen molar-refractivity contribution in [1.82, 2.24) is 5.32 Å². The first-order valence-corrected chi connectivity index (χ1v) is 7.49. The van der Waals surface area contributed by atoms with E-state index < -0.39 is 0 Å². The molecule has 0 aliphatic carbocycles. The molecular weight excluding hydrogens is 236 g/mol. The SMILES string of the molecule is CCOc1ccc(N2CCCCC2CCNC)cc1. The lowest BCUT2D eigenvalue weighted by Crippen LogP contribution is -2.41. The molecule has 1 aliphatic rings. The molecule has 0 radical (unpaired) electrons. The number of piperidine rings is 1. The van der Waals surface area contributed by atoms with Gasteiger partial charge in [0.25, 0.3) is 0 Å². The molecule has 1 aliphatic heterocycles. The Hall–Kier alpha value is -1.22. The van der Waals surface area contributed by atoms with Crippen molar-refractivity contribution in [2.45, 2.75) is 38.6 Å². The normalized spacial score (nSPS) is 19.5. The molecule has 3 nitrogen and oxygen atoms in total. The third kappa shape index (κ3) is 3.87. The van der Waals surface area contributed by atoms with Gasteiger partial charge in [-0.25, -0.2) is 0 Å². The van der Waals surface area contributed by atoms with Gasteiger partial charge in [-0.2, -0.15) is 0 Å². The second kappa shape index (κ2) is 7.39. The maximum Gasteiger partial charge on any atom is 0.119 e. The summed E-state index contributed by atoms with van der Waals surface area (Å²) >= 11 is 0. The highest BCUT2D eigenvalue weighted by Crippen LogP contribution is 2.27. The molecule has 1 atom stereocenters. The van der Waals surface area contributed by atoms with Crippen LogP contribution in [0.4, 0.5) is 5.69 Å². The predicted molar refractivity (Wildman–Crippen MR) is 81.1 cm³/mol. The fourth-order valence-electron chi connectivity index (χ4n) is 2.85. The molecule has 19 heavy (non-hydrogen) atoms. The van der Waals surface area contributed by atoms with Crippen molar-refractivity contribution >= 4 is 5.69 Å². The van der Waals surface area contributed by atoms with Crippen LogP contribution in [0.3, 0.4) is 0 Å². The Balaban J connectivity index is 2.03. The zero-order chi connectivity index (χ0) is 13.5. The van der Waals surface area contributed by atoms with Gasteiger partial charge in [0.15, 0.2) is 0 Å². The molecule has 3 heteroatoms. The number of ether oxygens (including phenoxy) is 1. The van der Waals surface area contributed by atoms with Crippen LogP contribution in [0, 0.1) is 0 Å². The minimum Gasteiger partial charge on any atom is -0.494 e. The molecule has 1 heterocycles. The van der Waals surface area contributed by atoms with Crippen LogP contribution in [0.1, 0.15) is 32.6 Å². The molecule has 2 rings (SSSR count). The molecular formula is C16H26N2O. The first-order chi connectivity index (χ1) is 9.35. The average Bonchev–Trinajstić information content (AvgIpc) is 2.47. The van der Waals surface area contributed by atoms with Crippen molar-refractivity contribution in [1.29, 1.82) is 0 Å². The summed E-state index contributed by atoms with van der Waals surface area (Å²) in [4.78, 5) is 2.57. The Labute approximate surface area is 116 Å². The van der Waals surface area contributed by atoms with E-state index in [1.165, 1.54) is 37.9 Å². The predicted octanol–water partition coefficient (Wildman–Crippen LogP) is 3.05. The topological polar surface area (TPSA) is 24.5 Å². The summed E-state index contributed by atoms with van der Waals surface area (Å²) in [6.45, 7) is 5.03.